The molecule has 1 atom stereocenters. The summed E-state index contributed by atoms with van der Waals surface area (Å²) in [5, 5.41) is 11.7. The highest BCUT2D eigenvalue weighted by Crippen LogP contribution is 2.35. The molecule has 0 aliphatic heterocycles. The van der Waals surface area contributed by atoms with E-state index in [2.05, 4.69) is 19.2 Å². The van der Waals surface area contributed by atoms with E-state index in [0.717, 1.165) is 19.3 Å². The van der Waals surface area contributed by atoms with Gasteiger partial charge in [-0.3, -0.25) is 4.79 Å². The average Bonchev–Trinajstić information content (AvgIpc) is 2.47. The van der Waals surface area contributed by atoms with Gasteiger partial charge < -0.3 is 15.2 Å². The van der Waals surface area contributed by atoms with Crippen LogP contribution in [0.4, 0.5) is 0 Å². The number of hydrogen-bond donors (Lipinski definition) is 2. The number of carboxylic acid groups (broad SMARTS) is 1. The molecule has 1 aromatic rings. The van der Waals surface area contributed by atoms with Crippen molar-refractivity contribution in [2.24, 2.45) is 5.41 Å². The van der Waals surface area contributed by atoms with E-state index in [1.165, 1.54) is 6.42 Å². The Bertz CT molecular complexity index is 553. The second-order valence-electron chi connectivity index (χ2n) is 6.47. The van der Waals surface area contributed by atoms with E-state index in [9.17, 15) is 9.59 Å². The molecular weight excluding hydrogens is 282 g/mol. The third-order valence-corrected chi connectivity index (χ3v) is 4.27. The molecular formula is C17H23NO4. The molecule has 1 unspecified atom stereocenters. The normalized spacial score (nSPS) is 20.2. The smallest absolute Gasteiger partial charge is 0.341 e. The number of aliphatic carboxylic acids is 1. The molecule has 120 valence electrons. The Morgan fingerprint density at radius 3 is 2.82 bits per heavy atom. The minimum Gasteiger partial charge on any atom is -0.482 e. The van der Waals surface area contributed by atoms with Crippen LogP contribution in [0.1, 0.15) is 49.9 Å². The summed E-state index contributed by atoms with van der Waals surface area (Å²) in [5.41, 5.74) is 0.593. The van der Waals surface area contributed by atoms with Gasteiger partial charge in [0.25, 0.3) is 5.91 Å². The average molecular weight is 305 g/mol. The number of amides is 1. The summed E-state index contributed by atoms with van der Waals surface area (Å²) in [5.74, 6) is -0.794. The summed E-state index contributed by atoms with van der Waals surface area (Å²) in [6, 6.07) is 6.78. The lowest BCUT2D eigenvalue weighted by Crippen LogP contribution is -2.46. The van der Waals surface area contributed by atoms with Crippen LogP contribution in [0.2, 0.25) is 0 Å². The Morgan fingerprint density at radius 1 is 1.36 bits per heavy atom. The van der Waals surface area contributed by atoms with E-state index in [4.69, 9.17) is 9.84 Å². The van der Waals surface area contributed by atoms with Gasteiger partial charge in [-0.1, -0.05) is 32.8 Å². The fourth-order valence-electron chi connectivity index (χ4n) is 2.88. The second-order valence-corrected chi connectivity index (χ2v) is 6.47. The first-order chi connectivity index (χ1) is 10.4. The van der Waals surface area contributed by atoms with Crippen molar-refractivity contribution in [1.82, 2.24) is 5.32 Å². The lowest BCUT2D eigenvalue weighted by atomic mass is 9.73. The van der Waals surface area contributed by atoms with Gasteiger partial charge in [0.05, 0.1) is 0 Å². The Hall–Kier alpha value is -2.04. The van der Waals surface area contributed by atoms with Crippen molar-refractivity contribution in [3.05, 3.63) is 29.8 Å². The van der Waals surface area contributed by atoms with Crippen LogP contribution in [-0.4, -0.2) is 29.6 Å². The third kappa shape index (κ3) is 4.23. The van der Waals surface area contributed by atoms with Gasteiger partial charge in [-0.2, -0.15) is 0 Å². The molecule has 1 aromatic carbocycles. The lowest BCUT2D eigenvalue weighted by molar-refractivity contribution is -0.139. The number of rotatable bonds is 5. The number of benzene rings is 1. The van der Waals surface area contributed by atoms with Crippen molar-refractivity contribution in [3.63, 3.8) is 0 Å². The first-order valence-corrected chi connectivity index (χ1v) is 7.64. The third-order valence-electron chi connectivity index (χ3n) is 4.27. The molecule has 0 aromatic heterocycles. The Kier molecular flexibility index (Phi) is 5.06. The SMILES string of the molecule is CC1(C)CCCCC1NC(=O)c1cccc(OCC(=O)O)c1. The molecule has 0 heterocycles. The molecule has 0 saturated heterocycles. The van der Waals surface area contributed by atoms with E-state index in [-0.39, 0.29) is 17.4 Å². The fraction of sp³-hybridized carbons (Fsp3) is 0.529. The maximum absolute atomic E-state index is 12.4. The number of carbonyl (C=O) groups is 2. The zero-order valence-corrected chi connectivity index (χ0v) is 13.1. The highest BCUT2D eigenvalue weighted by Gasteiger charge is 2.33. The van der Waals surface area contributed by atoms with E-state index in [1.54, 1.807) is 24.3 Å². The van der Waals surface area contributed by atoms with Crippen LogP contribution in [0.25, 0.3) is 0 Å². The highest BCUT2D eigenvalue weighted by molar-refractivity contribution is 5.94. The number of hydrogen-bond acceptors (Lipinski definition) is 3. The van der Waals surface area contributed by atoms with Gasteiger partial charge in [0.15, 0.2) is 6.61 Å². The van der Waals surface area contributed by atoms with Crippen molar-refractivity contribution >= 4 is 11.9 Å². The van der Waals surface area contributed by atoms with Crippen LogP contribution in [0.3, 0.4) is 0 Å². The monoisotopic (exact) mass is 305 g/mol. The van der Waals surface area contributed by atoms with Crippen LogP contribution in [0, 0.1) is 5.41 Å². The topological polar surface area (TPSA) is 75.6 Å². The van der Waals surface area contributed by atoms with Gasteiger partial charge >= 0.3 is 5.97 Å². The Morgan fingerprint density at radius 2 is 2.14 bits per heavy atom. The van der Waals surface area contributed by atoms with Gasteiger partial charge in [0, 0.05) is 11.6 Å². The largest absolute Gasteiger partial charge is 0.482 e. The summed E-state index contributed by atoms with van der Waals surface area (Å²) in [7, 11) is 0. The molecule has 1 aliphatic carbocycles. The number of nitrogens with one attached hydrogen (secondary N) is 1. The highest BCUT2D eigenvalue weighted by atomic mass is 16.5. The number of carboxylic acids is 1. The Labute approximate surface area is 130 Å². The molecule has 1 saturated carbocycles. The molecule has 0 radical (unpaired) electrons. The van der Waals surface area contributed by atoms with E-state index in [1.807, 2.05) is 0 Å². The van der Waals surface area contributed by atoms with Crippen molar-refractivity contribution < 1.29 is 19.4 Å². The molecule has 0 spiro atoms. The van der Waals surface area contributed by atoms with Crippen molar-refractivity contribution in [1.29, 1.82) is 0 Å². The zero-order chi connectivity index (χ0) is 16.2. The standard InChI is InChI=1S/C17H23NO4/c1-17(2)9-4-3-8-14(17)18-16(21)12-6-5-7-13(10-12)22-11-15(19)20/h5-7,10,14H,3-4,8-9,11H2,1-2H3,(H,18,21)(H,19,20). The van der Waals surface area contributed by atoms with Crippen molar-refractivity contribution in [2.75, 3.05) is 6.61 Å². The summed E-state index contributed by atoms with van der Waals surface area (Å²) in [4.78, 5) is 22.9. The van der Waals surface area contributed by atoms with Crippen LogP contribution >= 0.6 is 0 Å². The maximum atomic E-state index is 12.4. The molecule has 2 N–H and O–H groups in total. The van der Waals surface area contributed by atoms with Gasteiger partial charge in [-0.05, 0) is 36.5 Å². The molecule has 22 heavy (non-hydrogen) atoms. The van der Waals surface area contributed by atoms with Gasteiger partial charge in [-0.25, -0.2) is 4.79 Å². The van der Waals surface area contributed by atoms with Crippen molar-refractivity contribution in [2.45, 2.75) is 45.6 Å². The minimum atomic E-state index is -1.04. The second kappa shape index (κ2) is 6.81. The minimum absolute atomic E-state index is 0.103. The summed E-state index contributed by atoms with van der Waals surface area (Å²) in [6.07, 6.45) is 4.45. The quantitative estimate of drug-likeness (QED) is 0.877. The van der Waals surface area contributed by atoms with E-state index < -0.39 is 12.6 Å². The maximum Gasteiger partial charge on any atom is 0.341 e. The summed E-state index contributed by atoms with van der Waals surface area (Å²) < 4.78 is 5.11. The Balaban J connectivity index is 2.03. The van der Waals surface area contributed by atoms with E-state index >= 15 is 0 Å². The molecule has 5 heteroatoms. The van der Waals surface area contributed by atoms with Gasteiger partial charge in [-0.15, -0.1) is 0 Å². The first-order valence-electron chi connectivity index (χ1n) is 7.64. The molecule has 5 nitrogen and oxygen atoms in total. The number of ether oxygens (including phenoxy) is 1. The van der Waals surface area contributed by atoms with Gasteiger partial charge in [0.1, 0.15) is 5.75 Å². The number of carbonyl (C=O) groups excluding carboxylic acids is 1. The predicted octanol–water partition coefficient (Wildman–Crippen LogP) is 2.85. The molecule has 2 rings (SSSR count). The molecule has 0 bridgehead atoms. The molecule has 1 aliphatic rings. The zero-order valence-electron chi connectivity index (χ0n) is 13.1. The summed E-state index contributed by atoms with van der Waals surface area (Å²) >= 11 is 0. The molecule has 1 amide bonds. The molecule has 1 fully saturated rings. The fourth-order valence-corrected chi connectivity index (χ4v) is 2.88. The lowest BCUT2D eigenvalue weighted by Gasteiger charge is -2.39. The van der Waals surface area contributed by atoms with Crippen molar-refractivity contribution in [3.8, 4) is 5.75 Å². The van der Waals surface area contributed by atoms with Crippen LogP contribution in [-0.2, 0) is 4.79 Å². The van der Waals surface area contributed by atoms with Crippen LogP contribution in [0.15, 0.2) is 24.3 Å². The van der Waals surface area contributed by atoms with E-state index in [0.29, 0.717) is 11.3 Å². The van der Waals surface area contributed by atoms with Gasteiger partial charge in [0.2, 0.25) is 0 Å². The first kappa shape index (κ1) is 16.3. The predicted molar refractivity (Wildman–Crippen MR) is 83.1 cm³/mol. The van der Waals surface area contributed by atoms with Crippen LogP contribution < -0.4 is 10.1 Å². The van der Waals surface area contributed by atoms with Crippen LogP contribution in [0.5, 0.6) is 5.75 Å². The summed E-state index contributed by atoms with van der Waals surface area (Å²) in [6.45, 7) is 3.95.